The quantitative estimate of drug-likeness (QED) is 0.420. The predicted molar refractivity (Wildman–Crippen MR) is 25.9 cm³/mol. The van der Waals surface area contributed by atoms with Crippen molar-refractivity contribution in [2.45, 2.75) is 18.6 Å². The van der Waals surface area contributed by atoms with Gasteiger partial charge in [0, 0.05) is 6.42 Å². The van der Waals surface area contributed by atoms with Gasteiger partial charge in [-0.15, -0.1) is 0 Å². The lowest BCUT2D eigenvalue weighted by Crippen LogP contribution is -2.17. The fraction of sp³-hybridized carbons (Fsp3) is 0.600. The topological polar surface area (TPSA) is 57.5 Å². The number of aliphatic hydroxyl groups is 2. The van der Waals surface area contributed by atoms with E-state index < -0.39 is 12.2 Å². The molecule has 0 bridgehead atoms. The fourth-order valence-corrected chi connectivity index (χ4v) is 0.696. The summed E-state index contributed by atoms with van der Waals surface area (Å²) in [7, 11) is 0. The Morgan fingerprint density at radius 3 is 2.38 bits per heavy atom. The number of ketones is 1. The van der Waals surface area contributed by atoms with Gasteiger partial charge in [-0.2, -0.15) is 0 Å². The molecule has 3 heteroatoms. The zero-order valence-corrected chi connectivity index (χ0v) is 4.24. The minimum Gasteiger partial charge on any atom is -0.390 e. The first kappa shape index (κ1) is 5.72. The van der Waals surface area contributed by atoms with Crippen LogP contribution in [0.3, 0.4) is 0 Å². The smallest absolute Gasteiger partial charge is 0.142 e. The molecule has 1 aliphatic carbocycles. The third kappa shape index (κ3) is 0.877. The second-order valence-corrected chi connectivity index (χ2v) is 1.90. The number of aliphatic hydroxyl groups excluding tert-OH is 2. The lowest BCUT2D eigenvalue weighted by Gasteiger charge is -2.01. The van der Waals surface area contributed by atoms with Crippen LogP contribution >= 0.6 is 0 Å². The first-order valence-corrected chi connectivity index (χ1v) is 2.44. The minimum atomic E-state index is -0.928. The van der Waals surface area contributed by atoms with Crippen LogP contribution in [0.5, 0.6) is 0 Å². The van der Waals surface area contributed by atoms with Gasteiger partial charge in [-0.1, -0.05) is 0 Å². The van der Waals surface area contributed by atoms with Crippen LogP contribution in [0.4, 0.5) is 0 Å². The van der Waals surface area contributed by atoms with E-state index in [0.717, 1.165) is 6.42 Å². The summed E-state index contributed by atoms with van der Waals surface area (Å²) in [6.45, 7) is 0. The van der Waals surface area contributed by atoms with Crippen molar-refractivity contribution in [1.82, 2.24) is 0 Å². The molecule has 2 N–H and O–H groups in total. The Labute approximate surface area is 46.9 Å². The summed E-state index contributed by atoms with van der Waals surface area (Å²) in [6, 6.07) is 0. The minimum absolute atomic E-state index is 0.0706. The third-order valence-corrected chi connectivity index (χ3v) is 1.16. The van der Waals surface area contributed by atoms with Gasteiger partial charge in [-0.3, -0.25) is 4.79 Å². The van der Waals surface area contributed by atoms with E-state index in [-0.39, 0.29) is 12.2 Å². The van der Waals surface area contributed by atoms with Crippen LogP contribution in [0.15, 0.2) is 0 Å². The van der Waals surface area contributed by atoms with Gasteiger partial charge in [-0.05, 0) is 0 Å². The van der Waals surface area contributed by atoms with Crippen molar-refractivity contribution >= 4 is 5.78 Å². The van der Waals surface area contributed by atoms with Gasteiger partial charge in [0.15, 0.2) is 0 Å². The molecule has 0 saturated heterocycles. The molecular weight excluding hydrogens is 108 g/mol. The monoisotopic (exact) mass is 115 g/mol. The maximum absolute atomic E-state index is 10.3. The van der Waals surface area contributed by atoms with Gasteiger partial charge in [-0.25, -0.2) is 0 Å². The fourth-order valence-electron chi connectivity index (χ4n) is 0.696. The molecule has 1 rings (SSSR count). The first-order valence-electron chi connectivity index (χ1n) is 2.44. The van der Waals surface area contributed by atoms with Crippen molar-refractivity contribution < 1.29 is 15.0 Å². The van der Waals surface area contributed by atoms with Crippen LogP contribution in [0.1, 0.15) is 6.42 Å². The highest BCUT2D eigenvalue weighted by Gasteiger charge is 2.29. The summed E-state index contributed by atoms with van der Waals surface area (Å²) in [5.41, 5.74) is 0. The molecule has 2 atom stereocenters. The maximum Gasteiger partial charge on any atom is 0.142 e. The summed E-state index contributed by atoms with van der Waals surface area (Å²) < 4.78 is 0. The van der Waals surface area contributed by atoms with E-state index in [1.165, 1.54) is 0 Å². The van der Waals surface area contributed by atoms with Crippen LogP contribution in [0, 0.1) is 6.42 Å². The summed E-state index contributed by atoms with van der Waals surface area (Å²) in [5.74, 6) is -0.176. The van der Waals surface area contributed by atoms with Crippen LogP contribution in [0.25, 0.3) is 0 Å². The molecule has 1 radical (unpaired) electrons. The number of carbonyl (C=O) groups excluding carboxylic acids is 1. The van der Waals surface area contributed by atoms with Crippen molar-refractivity contribution in [3.63, 3.8) is 0 Å². The van der Waals surface area contributed by atoms with E-state index in [4.69, 9.17) is 10.2 Å². The highest BCUT2D eigenvalue weighted by molar-refractivity contribution is 5.90. The zero-order valence-electron chi connectivity index (χ0n) is 4.24. The van der Waals surface area contributed by atoms with Crippen molar-refractivity contribution in [3.05, 3.63) is 6.42 Å². The molecule has 45 valence electrons. The Hall–Kier alpha value is -0.410. The first-order chi connectivity index (χ1) is 3.70. The molecular formula is C5H7O3. The number of rotatable bonds is 0. The molecule has 3 nitrogen and oxygen atoms in total. The highest BCUT2D eigenvalue weighted by atomic mass is 16.3. The van der Waals surface area contributed by atoms with Crippen molar-refractivity contribution in [1.29, 1.82) is 0 Å². The molecule has 0 aromatic heterocycles. The largest absolute Gasteiger partial charge is 0.390 e. The number of carbonyl (C=O) groups is 1. The molecule has 1 aliphatic rings. The Kier molecular flexibility index (Phi) is 1.31. The number of Topliss-reactive ketones (excluding diaryl/α,β-unsaturated/α-hetero) is 1. The van der Waals surface area contributed by atoms with Crippen molar-refractivity contribution in [2.24, 2.45) is 0 Å². The Bertz CT molecular complexity index is 98.2. The third-order valence-electron chi connectivity index (χ3n) is 1.16. The normalized spacial score (nSPS) is 38.5. The Morgan fingerprint density at radius 2 is 2.25 bits per heavy atom. The molecule has 0 spiro atoms. The predicted octanol–water partition coefficient (Wildman–Crippen LogP) is -1.11. The zero-order chi connectivity index (χ0) is 6.15. The summed E-state index contributed by atoms with van der Waals surface area (Å²) >= 11 is 0. The lowest BCUT2D eigenvalue weighted by molar-refractivity contribution is -0.115. The Balaban J connectivity index is 2.51. The standard InChI is InChI=1S/C5H7O3/c6-3-1-4(7)5(8)2-3/h1,4-5,7-8H,2H2. The molecule has 1 fully saturated rings. The maximum atomic E-state index is 10.3. The van der Waals surface area contributed by atoms with Crippen LogP contribution in [-0.2, 0) is 4.79 Å². The van der Waals surface area contributed by atoms with Crippen LogP contribution in [-0.4, -0.2) is 28.2 Å². The molecule has 8 heavy (non-hydrogen) atoms. The van der Waals surface area contributed by atoms with E-state index in [1.54, 1.807) is 0 Å². The van der Waals surface area contributed by atoms with Crippen molar-refractivity contribution in [3.8, 4) is 0 Å². The van der Waals surface area contributed by atoms with E-state index >= 15 is 0 Å². The molecule has 0 aliphatic heterocycles. The SMILES string of the molecule is O=C1[CH]C(O)C(O)C1. The van der Waals surface area contributed by atoms with Gasteiger partial charge in [0.25, 0.3) is 0 Å². The van der Waals surface area contributed by atoms with E-state index in [0.29, 0.717) is 0 Å². The molecule has 0 amide bonds. The van der Waals surface area contributed by atoms with Gasteiger partial charge < -0.3 is 10.2 Å². The van der Waals surface area contributed by atoms with Crippen LogP contribution in [0.2, 0.25) is 0 Å². The van der Waals surface area contributed by atoms with Gasteiger partial charge >= 0.3 is 0 Å². The molecule has 0 heterocycles. The average molecular weight is 115 g/mol. The summed E-state index contributed by atoms with van der Waals surface area (Å²) in [4.78, 5) is 10.3. The van der Waals surface area contributed by atoms with Gasteiger partial charge in [0.2, 0.25) is 0 Å². The second-order valence-electron chi connectivity index (χ2n) is 1.90. The second kappa shape index (κ2) is 1.84. The van der Waals surface area contributed by atoms with E-state index in [9.17, 15) is 4.79 Å². The average Bonchev–Trinajstić information content (AvgIpc) is 1.85. The molecule has 2 unspecified atom stereocenters. The number of hydrogen-bond acceptors (Lipinski definition) is 3. The van der Waals surface area contributed by atoms with Gasteiger partial charge in [0.1, 0.15) is 5.78 Å². The lowest BCUT2D eigenvalue weighted by atomic mass is 10.3. The van der Waals surface area contributed by atoms with Gasteiger partial charge in [0.05, 0.1) is 18.6 Å². The molecule has 1 saturated carbocycles. The highest BCUT2D eigenvalue weighted by Crippen LogP contribution is 2.13. The van der Waals surface area contributed by atoms with Crippen molar-refractivity contribution in [2.75, 3.05) is 0 Å². The molecule has 0 aromatic rings. The van der Waals surface area contributed by atoms with E-state index in [1.807, 2.05) is 0 Å². The Morgan fingerprint density at radius 1 is 1.62 bits per heavy atom. The van der Waals surface area contributed by atoms with E-state index in [2.05, 4.69) is 0 Å². The number of hydrogen-bond donors (Lipinski definition) is 2. The summed E-state index contributed by atoms with van der Waals surface area (Å²) in [5, 5.41) is 17.3. The molecule has 0 aromatic carbocycles. The summed E-state index contributed by atoms with van der Waals surface area (Å²) in [6.07, 6.45) is -0.587. The van der Waals surface area contributed by atoms with Crippen LogP contribution < -0.4 is 0 Å².